The van der Waals surface area contributed by atoms with Crippen molar-refractivity contribution in [2.45, 2.75) is 11.1 Å². The van der Waals surface area contributed by atoms with E-state index in [2.05, 4.69) is 5.32 Å². The van der Waals surface area contributed by atoms with Crippen LogP contribution in [0, 0.1) is 0 Å². The van der Waals surface area contributed by atoms with Crippen LogP contribution < -0.4 is 14.9 Å². The molecule has 2 aromatic rings. The summed E-state index contributed by atoms with van der Waals surface area (Å²) in [5.41, 5.74) is -0.0285. The minimum atomic E-state index is -4.68. The van der Waals surface area contributed by atoms with Crippen LogP contribution in [0.15, 0.2) is 47.4 Å². The van der Waals surface area contributed by atoms with E-state index in [1.54, 1.807) is 31.1 Å². The normalized spacial score (nSPS) is 11.9. The van der Waals surface area contributed by atoms with Gasteiger partial charge in [-0.1, -0.05) is 17.7 Å². The van der Waals surface area contributed by atoms with Crippen molar-refractivity contribution in [1.29, 1.82) is 0 Å². The molecule has 28 heavy (non-hydrogen) atoms. The maximum Gasteiger partial charge on any atom is 0.416 e. The minimum absolute atomic E-state index is 0.346. The van der Waals surface area contributed by atoms with Gasteiger partial charge < -0.3 is 10.2 Å². The molecule has 0 bridgehead atoms. The first-order valence-electron chi connectivity index (χ1n) is 7.84. The highest BCUT2D eigenvalue weighted by molar-refractivity contribution is 7.89. The molecule has 0 aliphatic heterocycles. The number of carbonyl (C=O) groups is 1. The van der Waals surface area contributed by atoms with Gasteiger partial charge >= 0.3 is 6.18 Å². The molecule has 0 radical (unpaired) electrons. The van der Waals surface area contributed by atoms with Gasteiger partial charge in [0.05, 0.1) is 27.7 Å². The standard InChI is InChI=1S/C17H17ClF3N3O3S/c1-24(2)15-7-6-12(9-14(15)18)23-16(25)10-22-28(26,27)13-5-3-4-11(8-13)17(19,20)21/h3-9,22H,10H2,1-2H3,(H,23,25). The van der Waals surface area contributed by atoms with Crippen LogP contribution in [0.4, 0.5) is 24.5 Å². The highest BCUT2D eigenvalue weighted by Crippen LogP contribution is 2.30. The highest BCUT2D eigenvalue weighted by atomic mass is 35.5. The number of hydrogen-bond donors (Lipinski definition) is 2. The lowest BCUT2D eigenvalue weighted by atomic mass is 10.2. The predicted octanol–water partition coefficient (Wildman–Crippen LogP) is 3.34. The van der Waals surface area contributed by atoms with Crippen LogP contribution in [0.5, 0.6) is 0 Å². The first kappa shape index (κ1) is 22.0. The Balaban J connectivity index is 2.05. The molecule has 0 aliphatic rings. The van der Waals surface area contributed by atoms with E-state index >= 15 is 0 Å². The van der Waals surface area contributed by atoms with Gasteiger partial charge in [0.15, 0.2) is 0 Å². The molecule has 1 amide bonds. The van der Waals surface area contributed by atoms with Crippen molar-refractivity contribution in [2.75, 3.05) is 30.9 Å². The molecule has 6 nitrogen and oxygen atoms in total. The SMILES string of the molecule is CN(C)c1ccc(NC(=O)CNS(=O)(=O)c2cccc(C(F)(F)F)c2)cc1Cl. The fraction of sp³-hybridized carbons (Fsp3) is 0.235. The Morgan fingerprint density at radius 2 is 1.82 bits per heavy atom. The van der Waals surface area contributed by atoms with Crippen molar-refractivity contribution < 1.29 is 26.4 Å². The number of halogens is 4. The van der Waals surface area contributed by atoms with E-state index in [1.807, 2.05) is 4.72 Å². The summed E-state index contributed by atoms with van der Waals surface area (Å²) in [6.45, 7) is -0.661. The summed E-state index contributed by atoms with van der Waals surface area (Å²) in [5, 5.41) is 2.84. The number of hydrogen-bond acceptors (Lipinski definition) is 4. The second kappa shape index (κ2) is 8.38. The number of alkyl halides is 3. The van der Waals surface area contributed by atoms with Gasteiger partial charge in [-0.05, 0) is 36.4 Å². The first-order chi connectivity index (χ1) is 12.9. The second-order valence-electron chi connectivity index (χ2n) is 5.96. The molecule has 152 valence electrons. The number of benzene rings is 2. The van der Waals surface area contributed by atoms with Crippen molar-refractivity contribution in [1.82, 2.24) is 4.72 Å². The molecule has 2 N–H and O–H groups in total. The van der Waals surface area contributed by atoms with Gasteiger partial charge in [0, 0.05) is 19.8 Å². The van der Waals surface area contributed by atoms with Crippen molar-refractivity contribution in [3.05, 3.63) is 53.1 Å². The van der Waals surface area contributed by atoms with E-state index in [4.69, 9.17) is 11.6 Å². The van der Waals surface area contributed by atoms with Crippen molar-refractivity contribution in [2.24, 2.45) is 0 Å². The van der Waals surface area contributed by atoms with Crippen molar-refractivity contribution in [3.63, 3.8) is 0 Å². The van der Waals surface area contributed by atoms with Gasteiger partial charge in [0.25, 0.3) is 0 Å². The average Bonchev–Trinajstić information content (AvgIpc) is 2.59. The predicted molar refractivity (Wildman–Crippen MR) is 101 cm³/mol. The Hall–Kier alpha value is -2.30. The first-order valence-corrected chi connectivity index (χ1v) is 9.70. The zero-order valence-electron chi connectivity index (χ0n) is 14.8. The molecule has 11 heteroatoms. The third-order valence-corrected chi connectivity index (χ3v) is 5.31. The second-order valence-corrected chi connectivity index (χ2v) is 8.13. The third-order valence-electron chi connectivity index (χ3n) is 3.61. The number of rotatable bonds is 6. The third kappa shape index (κ3) is 5.60. The molecule has 0 saturated heterocycles. The highest BCUT2D eigenvalue weighted by Gasteiger charge is 2.31. The molecule has 0 aromatic heterocycles. The van der Waals surface area contributed by atoms with E-state index in [9.17, 15) is 26.4 Å². The number of anilines is 2. The summed E-state index contributed by atoms with van der Waals surface area (Å²) in [6, 6.07) is 8.00. The van der Waals surface area contributed by atoms with Crippen LogP contribution in [0.1, 0.15) is 5.56 Å². The van der Waals surface area contributed by atoms with Crippen LogP contribution in [-0.4, -0.2) is 35.0 Å². The topological polar surface area (TPSA) is 78.5 Å². The zero-order chi connectivity index (χ0) is 21.1. The van der Waals surface area contributed by atoms with E-state index in [0.29, 0.717) is 16.8 Å². The summed E-state index contributed by atoms with van der Waals surface area (Å²) < 4.78 is 64.5. The largest absolute Gasteiger partial charge is 0.416 e. The molecular weight excluding hydrogens is 419 g/mol. The summed E-state index contributed by atoms with van der Waals surface area (Å²) in [6.07, 6.45) is -4.68. The monoisotopic (exact) mass is 435 g/mol. The Morgan fingerprint density at radius 3 is 2.39 bits per heavy atom. The van der Waals surface area contributed by atoms with Crippen LogP contribution in [0.3, 0.4) is 0 Å². The number of nitrogens with one attached hydrogen (secondary N) is 2. The van der Waals surface area contributed by atoms with Crippen molar-refractivity contribution >= 4 is 38.9 Å². The van der Waals surface area contributed by atoms with Crippen LogP contribution in [0.25, 0.3) is 0 Å². The lowest BCUT2D eigenvalue weighted by Gasteiger charge is -2.15. The maximum atomic E-state index is 12.7. The fourth-order valence-electron chi connectivity index (χ4n) is 2.24. The van der Waals surface area contributed by atoms with E-state index in [-0.39, 0.29) is 0 Å². The number of carbonyl (C=O) groups excluding carboxylic acids is 1. The molecule has 0 heterocycles. The average molecular weight is 436 g/mol. The number of nitrogens with zero attached hydrogens (tertiary/aromatic N) is 1. The van der Waals surface area contributed by atoms with Crippen LogP contribution in [0.2, 0.25) is 5.02 Å². The van der Waals surface area contributed by atoms with Crippen LogP contribution in [-0.2, 0) is 21.0 Å². The molecule has 0 fully saturated rings. The molecule has 2 aromatic carbocycles. The summed E-state index contributed by atoms with van der Waals surface area (Å²) in [5.74, 6) is -0.704. The quantitative estimate of drug-likeness (QED) is 0.729. The lowest BCUT2D eigenvalue weighted by molar-refractivity contribution is -0.137. The van der Waals surface area contributed by atoms with E-state index in [0.717, 1.165) is 23.9 Å². The van der Waals surface area contributed by atoms with E-state index in [1.165, 1.54) is 6.07 Å². The molecule has 2 rings (SSSR count). The zero-order valence-corrected chi connectivity index (χ0v) is 16.4. The molecule has 0 unspecified atom stereocenters. The summed E-state index contributed by atoms with van der Waals surface area (Å²) in [4.78, 5) is 13.2. The van der Waals surface area contributed by atoms with Crippen LogP contribution >= 0.6 is 11.6 Å². The summed E-state index contributed by atoms with van der Waals surface area (Å²) in [7, 11) is -0.713. The Labute approximate surface area is 165 Å². The van der Waals surface area contributed by atoms with Gasteiger partial charge in [-0.15, -0.1) is 0 Å². The van der Waals surface area contributed by atoms with Gasteiger partial charge in [-0.2, -0.15) is 13.2 Å². The molecule has 0 spiro atoms. The van der Waals surface area contributed by atoms with Gasteiger partial charge in [-0.25, -0.2) is 13.1 Å². The lowest BCUT2D eigenvalue weighted by Crippen LogP contribution is -2.33. The Bertz CT molecular complexity index is 979. The molecular formula is C17H17ClF3N3O3S. The summed E-state index contributed by atoms with van der Waals surface area (Å²) >= 11 is 6.09. The molecule has 0 atom stereocenters. The number of sulfonamides is 1. The number of amides is 1. The van der Waals surface area contributed by atoms with Gasteiger partial charge in [-0.3, -0.25) is 4.79 Å². The van der Waals surface area contributed by atoms with Crippen molar-refractivity contribution in [3.8, 4) is 0 Å². The Kier molecular flexibility index (Phi) is 6.58. The molecule has 0 aliphatic carbocycles. The molecule has 0 saturated carbocycles. The van der Waals surface area contributed by atoms with Gasteiger partial charge in [0.2, 0.25) is 15.9 Å². The smallest absolute Gasteiger partial charge is 0.376 e. The van der Waals surface area contributed by atoms with Gasteiger partial charge in [0.1, 0.15) is 0 Å². The maximum absolute atomic E-state index is 12.7. The van der Waals surface area contributed by atoms with E-state index < -0.39 is 39.1 Å². The fourth-order valence-corrected chi connectivity index (χ4v) is 3.61. The minimum Gasteiger partial charge on any atom is -0.376 e. The Morgan fingerprint density at radius 1 is 1.14 bits per heavy atom.